The number of nitrogens with one attached hydrogen (secondary N) is 1. The van der Waals surface area contributed by atoms with Gasteiger partial charge in [0.15, 0.2) is 0 Å². The Morgan fingerprint density at radius 1 is 0.778 bits per heavy atom. The molecule has 0 unspecified atom stereocenters. The minimum Gasteiger partial charge on any atom is -0.354 e. The first-order valence-electron chi connectivity index (χ1n) is 14.3. The maximum Gasteiger partial charge on any atom is 0.264 e. The van der Waals surface area contributed by atoms with E-state index in [4.69, 9.17) is 34.8 Å². The molecule has 0 saturated heterocycles. The molecule has 236 valence electrons. The lowest BCUT2D eigenvalue weighted by Gasteiger charge is -2.34. The molecule has 0 radical (unpaired) electrons. The summed E-state index contributed by atoms with van der Waals surface area (Å²) < 4.78 is 29.1. The highest BCUT2D eigenvalue weighted by atomic mass is 35.5. The van der Waals surface area contributed by atoms with Gasteiger partial charge in [0.05, 0.1) is 15.6 Å². The first-order valence-corrected chi connectivity index (χ1v) is 16.9. The Hall–Kier alpha value is -3.56. The lowest BCUT2D eigenvalue weighted by Crippen LogP contribution is -2.53. The molecule has 0 bridgehead atoms. The summed E-state index contributed by atoms with van der Waals surface area (Å²) in [6.07, 6.45) is 0.199. The Kier molecular flexibility index (Phi) is 11.9. The normalized spacial score (nSPS) is 12.0. The molecule has 4 aromatic rings. The van der Waals surface area contributed by atoms with E-state index >= 15 is 0 Å². The third-order valence-electron chi connectivity index (χ3n) is 6.99. The van der Waals surface area contributed by atoms with Gasteiger partial charge in [-0.1, -0.05) is 109 Å². The molecule has 4 aromatic carbocycles. The van der Waals surface area contributed by atoms with Crippen LogP contribution in [-0.2, 0) is 32.6 Å². The van der Waals surface area contributed by atoms with E-state index < -0.39 is 28.5 Å². The van der Waals surface area contributed by atoms with Gasteiger partial charge < -0.3 is 10.2 Å². The van der Waals surface area contributed by atoms with Crippen molar-refractivity contribution in [2.45, 2.75) is 37.8 Å². The number of carbonyl (C=O) groups excluding carboxylic acids is 2. The smallest absolute Gasteiger partial charge is 0.264 e. The monoisotopic (exact) mass is 685 g/mol. The zero-order valence-corrected chi connectivity index (χ0v) is 28.0. The molecule has 1 N–H and O–H groups in total. The number of carbonyl (C=O) groups is 2. The Bertz CT molecular complexity index is 1720. The number of benzene rings is 4. The Labute approximate surface area is 279 Å². The van der Waals surface area contributed by atoms with Crippen LogP contribution >= 0.6 is 34.8 Å². The molecule has 11 heteroatoms. The minimum absolute atomic E-state index is 0.000430. The summed E-state index contributed by atoms with van der Waals surface area (Å²) in [5, 5.41) is 3.78. The number of rotatable bonds is 13. The predicted molar refractivity (Wildman–Crippen MR) is 181 cm³/mol. The quantitative estimate of drug-likeness (QED) is 0.161. The summed E-state index contributed by atoms with van der Waals surface area (Å²) in [5.41, 5.74) is 1.58. The fourth-order valence-corrected chi connectivity index (χ4v) is 6.95. The molecule has 1 atom stereocenters. The van der Waals surface area contributed by atoms with Crippen LogP contribution < -0.4 is 9.62 Å². The summed E-state index contributed by atoms with van der Waals surface area (Å²) in [6.45, 7) is 3.72. The number of nitrogens with zero attached hydrogens (tertiary/aromatic N) is 2. The maximum atomic E-state index is 14.5. The number of hydrogen-bond acceptors (Lipinski definition) is 4. The van der Waals surface area contributed by atoms with Crippen molar-refractivity contribution in [3.8, 4) is 0 Å². The fraction of sp³-hybridized carbons (Fsp3) is 0.235. The number of hydrogen-bond donors (Lipinski definition) is 1. The van der Waals surface area contributed by atoms with Crippen LogP contribution in [-0.4, -0.2) is 44.3 Å². The summed E-state index contributed by atoms with van der Waals surface area (Å²) in [5.74, 6) is -0.798. The summed E-state index contributed by atoms with van der Waals surface area (Å²) in [4.78, 5) is 29.7. The van der Waals surface area contributed by atoms with Gasteiger partial charge >= 0.3 is 0 Å². The predicted octanol–water partition coefficient (Wildman–Crippen LogP) is 7.25. The van der Waals surface area contributed by atoms with E-state index in [1.54, 1.807) is 42.5 Å². The van der Waals surface area contributed by atoms with Gasteiger partial charge in [0, 0.05) is 29.6 Å². The van der Waals surface area contributed by atoms with Crippen LogP contribution in [0.4, 0.5) is 5.69 Å². The van der Waals surface area contributed by atoms with Gasteiger partial charge in [0.1, 0.15) is 12.6 Å². The summed E-state index contributed by atoms with van der Waals surface area (Å²) in [7, 11) is -4.29. The molecule has 0 saturated carbocycles. The molecule has 4 rings (SSSR count). The largest absolute Gasteiger partial charge is 0.354 e. The molecule has 0 spiro atoms. The van der Waals surface area contributed by atoms with Crippen LogP contribution in [0.5, 0.6) is 0 Å². The van der Waals surface area contributed by atoms with Crippen LogP contribution in [0.3, 0.4) is 0 Å². The Balaban J connectivity index is 1.82. The van der Waals surface area contributed by atoms with E-state index in [9.17, 15) is 18.0 Å². The Morgan fingerprint density at radius 2 is 1.40 bits per heavy atom. The van der Waals surface area contributed by atoms with Crippen LogP contribution in [0.1, 0.15) is 25.0 Å². The zero-order chi connectivity index (χ0) is 32.6. The molecule has 2 amide bonds. The van der Waals surface area contributed by atoms with Crippen molar-refractivity contribution >= 4 is 62.3 Å². The molecule has 0 aliphatic rings. The summed E-state index contributed by atoms with van der Waals surface area (Å²) in [6, 6.07) is 27.5. The third-order valence-corrected chi connectivity index (χ3v) is 9.53. The molecular weight excluding hydrogens is 653 g/mol. The third kappa shape index (κ3) is 9.23. The standard InChI is InChI=1S/C34H34Cl3N3O4S/c1-24(2)21-38-34(42)32(19-25-10-5-3-6-11-25)39(22-26-12-9-13-27(35)18-26)33(41)23-40(31-17-16-28(36)20-30(31)37)45(43,44)29-14-7-4-8-15-29/h3-18,20,24,32H,19,21-23H2,1-2H3,(H,38,42)/t32-/m1/s1. The molecular formula is C34H34Cl3N3O4S. The molecule has 0 aliphatic carbocycles. The zero-order valence-electron chi connectivity index (χ0n) is 24.9. The highest BCUT2D eigenvalue weighted by Gasteiger charge is 2.35. The first kappa shape index (κ1) is 34.3. The average molecular weight is 687 g/mol. The number of sulfonamides is 1. The molecule has 0 aliphatic heterocycles. The van der Waals surface area contributed by atoms with E-state index in [0.717, 1.165) is 9.87 Å². The van der Waals surface area contributed by atoms with E-state index in [0.29, 0.717) is 22.2 Å². The van der Waals surface area contributed by atoms with Crippen molar-refractivity contribution in [1.29, 1.82) is 0 Å². The molecule has 0 fully saturated rings. The highest BCUT2D eigenvalue weighted by molar-refractivity contribution is 7.92. The topological polar surface area (TPSA) is 86.8 Å². The van der Waals surface area contributed by atoms with Gasteiger partial charge in [-0.3, -0.25) is 13.9 Å². The summed E-state index contributed by atoms with van der Waals surface area (Å²) >= 11 is 19.0. The van der Waals surface area contributed by atoms with E-state index in [-0.39, 0.29) is 40.4 Å². The van der Waals surface area contributed by atoms with Crippen LogP contribution in [0.2, 0.25) is 15.1 Å². The van der Waals surface area contributed by atoms with Gasteiger partial charge in [0.2, 0.25) is 11.8 Å². The van der Waals surface area contributed by atoms with Crippen LogP contribution in [0, 0.1) is 5.92 Å². The fourth-order valence-electron chi connectivity index (χ4n) is 4.73. The molecule has 7 nitrogen and oxygen atoms in total. The van der Waals surface area contributed by atoms with Gasteiger partial charge in [-0.05, 0) is 59.5 Å². The van der Waals surface area contributed by atoms with E-state index in [1.807, 2.05) is 44.2 Å². The van der Waals surface area contributed by atoms with Crippen molar-refractivity contribution in [3.05, 3.63) is 129 Å². The van der Waals surface area contributed by atoms with Gasteiger partial charge in [-0.2, -0.15) is 0 Å². The van der Waals surface area contributed by atoms with Crippen LogP contribution in [0.25, 0.3) is 0 Å². The number of anilines is 1. The number of halogens is 3. The van der Waals surface area contributed by atoms with Crippen LogP contribution in [0.15, 0.2) is 108 Å². The van der Waals surface area contributed by atoms with Crippen molar-refractivity contribution in [2.75, 3.05) is 17.4 Å². The van der Waals surface area contributed by atoms with E-state index in [1.165, 1.54) is 35.2 Å². The minimum atomic E-state index is -4.29. The van der Waals surface area contributed by atoms with Gasteiger partial charge in [-0.15, -0.1) is 0 Å². The van der Waals surface area contributed by atoms with Gasteiger partial charge in [-0.25, -0.2) is 8.42 Å². The second-order valence-corrected chi connectivity index (χ2v) is 14.1. The maximum absolute atomic E-state index is 14.5. The lowest BCUT2D eigenvalue weighted by atomic mass is 10.0. The van der Waals surface area contributed by atoms with Crippen molar-refractivity contribution in [2.24, 2.45) is 5.92 Å². The second kappa shape index (κ2) is 15.6. The van der Waals surface area contributed by atoms with Crippen molar-refractivity contribution < 1.29 is 18.0 Å². The Morgan fingerprint density at radius 3 is 2.02 bits per heavy atom. The molecule has 0 heterocycles. The number of amides is 2. The molecule has 0 aromatic heterocycles. The van der Waals surface area contributed by atoms with E-state index in [2.05, 4.69) is 5.32 Å². The second-order valence-electron chi connectivity index (χ2n) is 10.9. The van der Waals surface area contributed by atoms with Crippen molar-refractivity contribution in [3.63, 3.8) is 0 Å². The lowest BCUT2D eigenvalue weighted by molar-refractivity contribution is -0.140. The molecule has 45 heavy (non-hydrogen) atoms. The highest BCUT2D eigenvalue weighted by Crippen LogP contribution is 2.33. The SMILES string of the molecule is CC(C)CNC(=O)[C@@H](Cc1ccccc1)N(Cc1cccc(Cl)c1)C(=O)CN(c1ccc(Cl)cc1Cl)S(=O)(=O)c1ccccc1. The van der Waals surface area contributed by atoms with Gasteiger partial charge in [0.25, 0.3) is 10.0 Å². The van der Waals surface area contributed by atoms with Crippen molar-refractivity contribution in [1.82, 2.24) is 10.2 Å². The first-order chi connectivity index (χ1) is 21.5. The average Bonchev–Trinajstić information content (AvgIpc) is 3.01.